The number of nitrogens with zero attached hydrogens (tertiary/aromatic N) is 3. The third-order valence-corrected chi connectivity index (χ3v) is 3.47. The van der Waals surface area contributed by atoms with E-state index in [2.05, 4.69) is 15.2 Å². The molecule has 0 unspecified atom stereocenters. The molecule has 2 aromatic heterocycles. The monoisotopic (exact) mass is 283 g/mol. The van der Waals surface area contributed by atoms with Crippen molar-refractivity contribution in [2.75, 3.05) is 30.8 Å². The Morgan fingerprint density at radius 2 is 2.14 bits per heavy atom. The number of anilines is 2. The quantitative estimate of drug-likeness (QED) is 0.677. The number of aliphatic hydroxyl groups excluding tert-OH is 1. The summed E-state index contributed by atoms with van der Waals surface area (Å²) in [6.07, 6.45) is 1.72. The van der Waals surface area contributed by atoms with Gasteiger partial charge in [-0.2, -0.15) is 5.10 Å². The van der Waals surface area contributed by atoms with Crippen molar-refractivity contribution in [1.29, 1.82) is 0 Å². The number of likely N-dealkylation sites (N-methyl/N-ethyl adjacent to an activating group) is 1. The molecule has 6 nitrogen and oxygen atoms in total. The second-order valence-corrected chi connectivity index (χ2v) is 4.91. The first-order chi connectivity index (χ1) is 10.2. The number of fused-ring (bicyclic) bond motifs is 1. The number of nitrogens with two attached hydrogens (primary N) is 1. The summed E-state index contributed by atoms with van der Waals surface area (Å²) in [5, 5.41) is 17.0. The Hall–Kier alpha value is -2.60. The van der Waals surface area contributed by atoms with Crippen LogP contribution in [0.1, 0.15) is 0 Å². The number of nitrogen functional groups attached to an aromatic ring is 1. The van der Waals surface area contributed by atoms with Gasteiger partial charge >= 0.3 is 0 Å². The number of H-pyrrole nitrogens is 1. The zero-order valence-corrected chi connectivity index (χ0v) is 11.7. The molecule has 21 heavy (non-hydrogen) atoms. The smallest absolute Gasteiger partial charge is 0.126 e. The number of pyridine rings is 1. The van der Waals surface area contributed by atoms with E-state index in [1.807, 2.05) is 42.3 Å². The van der Waals surface area contributed by atoms with Crippen molar-refractivity contribution >= 4 is 22.4 Å². The zero-order chi connectivity index (χ0) is 14.8. The van der Waals surface area contributed by atoms with Crippen LogP contribution < -0.4 is 10.6 Å². The van der Waals surface area contributed by atoms with E-state index in [9.17, 15) is 0 Å². The predicted octanol–water partition coefficient (Wildman–Crippen LogP) is 1.64. The maximum absolute atomic E-state index is 9.11. The molecule has 0 spiro atoms. The molecule has 0 aliphatic rings. The van der Waals surface area contributed by atoms with Crippen molar-refractivity contribution in [2.45, 2.75) is 0 Å². The molecule has 0 radical (unpaired) electrons. The first-order valence-corrected chi connectivity index (χ1v) is 6.71. The average Bonchev–Trinajstić information content (AvgIpc) is 3.00. The average molecular weight is 283 g/mol. The molecule has 0 saturated heterocycles. The summed E-state index contributed by atoms with van der Waals surface area (Å²) in [6, 6.07) is 9.75. The SMILES string of the molecule is CN(CCO)c1cc(N)nc2cc(-c3ccn[nH]3)ccc12. The van der Waals surface area contributed by atoms with Gasteiger partial charge in [0.1, 0.15) is 5.82 Å². The first kappa shape index (κ1) is 13.4. The van der Waals surface area contributed by atoms with Gasteiger partial charge in [0.25, 0.3) is 0 Å². The van der Waals surface area contributed by atoms with Crippen LogP contribution in [0.25, 0.3) is 22.2 Å². The molecule has 108 valence electrons. The van der Waals surface area contributed by atoms with Gasteiger partial charge in [-0.3, -0.25) is 5.10 Å². The third kappa shape index (κ3) is 2.53. The summed E-state index contributed by atoms with van der Waals surface area (Å²) in [7, 11) is 1.92. The van der Waals surface area contributed by atoms with Crippen molar-refractivity contribution in [3.05, 3.63) is 36.5 Å². The van der Waals surface area contributed by atoms with Crippen LogP contribution in [0.4, 0.5) is 11.5 Å². The van der Waals surface area contributed by atoms with Crippen molar-refractivity contribution in [2.24, 2.45) is 0 Å². The Morgan fingerprint density at radius 1 is 1.29 bits per heavy atom. The summed E-state index contributed by atoms with van der Waals surface area (Å²) in [5.41, 5.74) is 9.63. The zero-order valence-electron chi connectivity index (χ0n) is 11.7. The number of nitrogens with one attached hydrogen (secondary N) is 1. The van der Waals surface area contributed by atoms with Crippen LogP contribution in [0.2, 0.25) is 0 Å². The Labute approximate surface area is 122 Å². The minimum atomic E-state index is 0.0897. The fourth-order valence-electron chi connectivity index (χ4n) is 2.40. The van der Waals surface area contributed by atoms with E-state index in [1.54, 1.807) is 6.20 Å². The highest BCUT2D eigenvalue weighted by atomic mass is 16.3. The lowest BCUT2D eigenvalue weighted by Gasteiger charge is -2.20. The number of hydrogen-bond donors (Lipinski definition) is 3. The molecular formula is C15H17N5O. The molecule has 0 atom stereocenters. The fourth-order valence-corrected chi connectivity index (χ4v) is 2.40. The van der Waals surface area contributed by atoms with Crippen molar-refractivity contribution in [3.8, 4) is 11.3 Å². The summed E-state index contributed by atoms with van der Waals surface area (Å²) in [6.45, 7) is 0.632. The summed E-state index contributed by atoms with van der Waals surface area (Å²) in [5.74, 6) is 0.462. The van der Waals surface area contributed by atoms with E-state index < -0.39 is 0 Å². The summed E-state index contributed by atoms with van der Waals surface area (Å²) >= 11 is 0. The number of hydrogen-bond acceptors (Lipinski definition) is 5. The minimum absolute atomic E-state index is 0.0897. The van der Waals surface area contributed by atoms with E-state index in [0.717, 1.165) is 27.8 Å². The molecule has 0 fully saturated rings. The third-order valence-electron chi connectivity index (χ3n) is 3.47. The molecule has 3 aromatic rings. The minimum Gasteiger partial charge on any atom is -0.395 e. The van der Waals surface area contributed by atoms with Crippen LogP contribution in [0.15, 0.2) is 36.5 Å². The molecule has 0 amide bonds. The fraction of sp³-hybridized carbons (Fsp3) is 0.200. The van der Waals surface area contributed by atoms with E-state index in [4.69, 9.17) is 10.8 Å². The molecule has 2 heterocycles. The molecule has 1 aromatic carbocycles. The molecule has 0 aliphatic heterocycles. The number of rotatable bonds is 4. The van der Waals surface area contributed by atoms with Crippen molar-refractivity contribution < 1.29 is 5.11 Å². The van der Waals surface area contributed by atoms with Crippen LogP contribution in [-0.4, -0.2) is 40.5 Å². The Morgan fingerprint density at radius 3 is 2.86 bits per heavy atom. The maximum Gasteiger partial charge on any atom is 0.126 e. The highest BCUT2D eigenvalue weighted by Gasteiger charge is 2.10. The van der Waals surface area contributed by atoms with E-state index in [-0.39, 0.29) is 6.61 Å². The van der Waals surface area contributed by atoms with Gasteiger partial charge in [-0.1, -0.05) is 12.1 Å². The van der Waals surface area contributed by atoms with Crippen LogP contribution in [-0.2, 0) is 0 Å². The lowest BCUT2D eigenvalue weighted by molar-refractivity contribution is 0.304. The van der Waals surface area contributed by atoms with E-state index in [0.29, 0.717) is 12.4 Å². The van der Waals surface area contributed by atoms with Crippen LogP contribution in [0.3, 0.4) is 0 Å². The van der Waals surface area contributed by atoms with Gasteiger partial charge in [-0.05, 0) is 12.1 Å². The van der Waals surface area contributed by atoms with Gasteiger partial charge in [-0.15, -0.1) is 0 Å². The van der Waals surface area contributed by atoms with Gasteiger partial charge in [0.05, 0.1) is 17.8 Å². The Balaban J connectivity index is 2.14. The maximum atomic E-state index is 9.11. The topological polar surface area (TPSA) is 91.1 Å². The molecule has 4 N–H and O–H groups in total. The van der Waals surface area contributed by atoms with Crippen LogP contribution in [0, 0.1) is 0 Å². The number of aromatic nitrogens is 3. The highest BCUT2D eigenvalue weighted by molar-refractivity contribution is 5.95. The summed E-state index contributed by atoms with van der Waals surface area (Å²) in [4.78, 5) is 6.37. The van der Waals surface area contributed by atoms with Crippen LogP contribution >= 0.6 is 0 Å². The summed E-state index contributed by atoms with van der Waals surface area (Å²) < 4.78 is 0. The van der Waals surface area contributed by atoms with Crippen LogP contribution in [0.5, 0.6) is 0 Å². The normalized spacial score (nSPS) is 11.0. The van der Waals surface area contributed by atoms with Gasteiger partial charge in [0.15, 0.2) is 0 Å². The standard InChI is InChI=1S/C15H17N5O/c1-20(6-7-21)14-9-15(16)18-13-8-10(2-3-11(13)14)12-4-5-17-19-12/h2-5,8-9,21H,6-7H2,1H3,(H2,16,18)(H,17,19). The molecule has 0 aliphatic carbocycles. The second kappa shape index (κ2) is 5.41. The van der Waals surface area contributed by atoms with Gasteiger partial charge in [-0.25, -0.2) is 4.98 Å². The number of aliphatic hydroxyl groups is 1. The number of aromatic amines is 1. The van der Waals surface area contributed by atoms with Gasteiger partial charge in [0, 0.05) is 42.5 Å². The second-order valence-electron chi connectivity index (χ2n) is 4.91. The molecule has 0 saturated carbocycles. The largest absolute Gasteiger partial charge is 0.395 e. The molecule has 6 heteroatoms. The molecular weight excluding hydrogens is 266 g/mol. The van der Waals surface area contributed by atoms with E-state index in [1.165, 1.54) is 0 Å². The Kier molecular flexibility index (Phi) is 3.45. The Bertz CT molecular complexity index is 754. The number of benzene rings is 1. The van der Waals surface area contributed by atoms with Gasteiger partial charge < -0.3 is 15.7 Å². The predicted molar refractivity (Wildman–Crippen MR) is 84.1 cm³/mol. The van der Waals surface area contributed by atoms with Gasteiger partial charge in [0.2, 0.25) is 0 Å². The first-order valence-electron chi connectivity index (χ1n) is 6.71. The molecule has 0 bridgehead atoms. The van der Waals surface area contributed by atoms with Crippen molar-refractivity contribution in [3.63, 3.8) is 0 Å². The van der Waals surface area contributed by atoms with E-state index >= 15 is 0 Å². The molecule has 3 rings (SSSR count). The van der Waals surface area contributed by atoms with Crippen molar-refractivity contribution in [1.82, 2.24) is 15.2 Å². The highest BCUT2D eigenvalue weighted by Crippen LogP contribution is 2.30. The lowest BCUT2D eigenvalue weighted by atomic mass is 10.1. The lowest BCUT2D eigenvalue weighted by Crippen LogP contribution is -2.21.